The lowest BCUT2D eigenvalue weighted by molar-refractivity contribution is -0.122. The molecule has 0 spiro atoms. The van der Waals surface area contributed by atoms with Gasteiger partial charge in [0, 0.05) is 38.2 Å². The minimum absolute atomic E-state index is 0.0589. The zero-order valence-corrected chi connectivity index (χ0v) is 17.4. The molecule has 3 N–H and O–H groups in total. The molecular weight excluding hydrogens is 392 g/mol. The number of amides is 2. The summed E-state index contributed by atoms with van der Waals surface area (Å²) in [6, 6.07) is 19.3. The number of nitrogens with one attached hydrogen (secondary N) is 3. The van der Waals surface area contributed by atoms with Crippen LogP contribution in [0.4, 0.5) is 5.69 Å². The fourth-order valence-corrected chi connectivity index (χ4v) is 3.71. The lowest BCUT2D eigenvalue weighted by Gasteiger charge is -2.24. The van der Waals surface area contributed by atoms with Gasteiger partial charge in [0.05, 0.1) is 12.0 Å². The van der Waals surface area contributed by atoms with Crippen LogP contribution in [-0.2, 0) is 22.7 Å². The van der Waals surface area contributed by atoms with E-state index in [0.29, 0.717) is 13.1 Å². The standard InChI is InChI=1S/C23H26N6O2/c1-28(19-6-3-2-4-7-19)23(31)20-15-25-27-22(20)18-10-8-17(9-11-18)14-24-21(30)16-29-13-5-12-26-29/h2-13,20,22,25,27H,14-16H2,1H3,(H,24,30). The number of rotatable bonds is 7. The molecule has 8 heteroatoms. The van der Waals surface area contributed by atoms with Gasteiger partial charge in [-0.3, -0.25) is 19.7 Å². The van der Waals surface area contributed by atoms with Crippen LogP contribution in [0.3, 0.4) is 0 Å². The van der Waals surface area contributed by atoms with Crippen molar-refractivity contribution in [3.8, 4) is 0 Å². The number of carbonyl (C=O) groups excluding carboxylic acids is 2. The molecule has 160 valence electrons. The fraction of sp³-hybridized carbons (Fsp3) is 0.261. The quantitative estimate of drug-likeness (QED) is 0.543. The van der Waals surface area contributed by atoms with Crippen LogP contribution in [0.5, 0.6) is 0 Å². The molecule has 0 bridgehead atoms. The van der Waals surface area contributed by atoms with Gasteiger partial charge in [-0.15, -0.1) is 0 Å². The molecule has 2 heterocycles. The van der Waals surface area contributed by atoms with Gasteiger partial charge in [0.15, 0.2) is 0 Å². The number of anilines is 1. The average molecular weight is 419 g/mol. The highest BCUT2D eigenvalue weighted by Crippen LogP contribution is 2.28. The Morgan fingerprint density at radius 1 is 1.13 bits per heavy atom. The summed E-state index contributed by atoms with van der Waals surface area (Å²) in [5.41, 5.74) is 9.24. The zero-order chi connectivity index (χ0) is 21.6. The Morgan fingerprint density at radius 3 is 2.61 bits per heavy atom. The van der Waals surface area contributed by atoms with Gasteiger partial charge in [-0.25, -0.2) is 5.43 Å². The predicted octanol–water partition coefficient (Wildman–Crippen LogP) is 1.63. The molecule has 1 aliphatic heterocycles. The summed E-state index contributed by atoms with van der Waals surface area (Å²) in [5, 5.41) is 6.93. The number of hydrogen-bond donors (Lipinski definition) is 3. The molecule has 3 aromatic rings. The van der Waals surface area contributed by atoms with Crippen molar-refractivity contribution in [2.75, 3.05) is 18.5 Å². The van der Waals surface area contributed by atoms with Crippen LogP contribution in [0.15, 0.2) is 73.1 Å². The summed E-state index contributed by atoms with van der Waals surface area (Å²) in [7, 11) is 1.81. The Hall–Kier alpha value is -3.49. The molecule has 8 nitrogen and oxygen atoms in total. The topological polar surface area (TPSA) is 91.3 Å². The molecule has 31 heavy (non-hydrogen) atoms. The summed E-state index contributed by atoms with van der Waals surface area (Å²) < 4.78 is 1.58. The summed E-state index contributed by atoms with van der Waals surface area (Å²) in [5.74, 6) is -0.252. The third kappa shape index (κ3) is 4.99. The molecule has 2 unspecified atom stereocenters. The summed E-state index contributed by atoms with van der Waals surface area (Å²) in [4.78, 5) is 26.8. The normalized spacial score (nSPS) is 18.0. The van der Waals surface area contributed by atoms with Crippen molar-refractivity contribution in [2.24, 2.45) is 5.92 Å². The first-order chi connectivity index (χ1) is 15.1. The van der Waals surface area contributed by atoms with E-state index in [-0.39, 0.29) is 30.3 Å². The number of nitrogens with zero attached hydrogens (tertiary/aromatic N) is 3. The van der Waals surface area contributed by atoms with Gasteiger partial charge >= 0.3 is 0 Å². The Bertz CT molecular complexity index is 1000. The number of benzene rings is 2. The molecule has 2 atom stereocenters. The van der Waals surface area contributed by atoms with E-state index in [4.69, 9.17) is 0 Å². The van der Waals surface area contributed by atoms with Crippen LogP contribution in [0.2, 0.25) is 0 Å². The predicted molar refractivity (Wildman–Crippen MR) is 118 cm³/mol. The highest BCUT2D eigenvalue weighted by atomic mass is 16.2. The van der Waals surface area contributed by atoms with Crippen LogP contribution in [0.25, 0.3) is 0 Å². The number of hydrazine groups is 1. The van der Waals surface area contributed by atoms with E-state index in [0.717, 1.165) is 16.8 Å². The van der Waals surface area contributed by atoms with E-state index < -0.39 is 0 Å². The van der Waals surface area contributed by atoms with Crippen LogP contribution >= 0.6 is 0 Å². The van der Waals surface area contributed by atoms with Crippen LogP contribution in [-0.4, -0.2) is 35.2 Å². The maximum absolute atomic E-state index is 13.1. The maximum Gasteiger partial charge on any atom is 0.241 e. The van der Waals surface area contributed by atoms with Crippen molar-refractivity contribution >= 4 is 17.5 Å². The molecule has 2 amide bonds. The number of aromatic nitrogens is 2. The first-order valence-corrected chi connectivity index (χ1v) is 10.3. The molecule has 0 radical (unpaired) electrons. The molecule has 1 fully saturated rings. The monoisotopic (exact) mass is 418 g/mol. The molecule has 2 aromatic carbocycles. The highest BCUT2D eigenvalue weighted by Gasteiger charge is 2.35. The minimum Gasteiger partial charge on any atom is -0.350 e. The Labute approximate surface area is 181 Å². The minimum atomic E-state index is -0.218. The van der Waals surface area contributed by atoms with Gasteiger partial charge in [-0.1, -0.05) is 42.5 Å². The number of hydrogen-bond acceptors (Lipinski definition) is 5. The largest absolute Gasteiger partial charge is 0.350 e. The zero-order valence-electron chi connectivity index (χ0n) is 17.4. The molecule has 1 aromatic heterocycles. The first-order valence-electron chi connectivity index (χ1n) is 10.3. The van der Waals surface area contributed by atoms with Crippen LogP contribution in [0.1, 0.15) is 17.2 Å². The second-order valence-corrected chi connectivity index (χ2v) is 7.56. The van der Waals surface area contributed by atoms with Gasteiger partial charge in [-0.05, 0) is 29.3 Å². The molecule has 0 aliphatic carbocycles. The van der Waals surface area contributed by atoms with Gasteiger partial charge in [0.25, 0.3) is 0 Å². The Balaban J connectivity index is 1.36. The smallest absolute Gasteiger partial charge is 0.241 e. The molecule has 0 saturated carbocycles. The van der Waals surface area contributed by atoms with Crippen molar-refractivity contribution in [1.82, 2.24) is 25.9 Å². The van der Waals surface area contributed by atoms with Crippen molar-refractivity contribution in [3.05, 3.63) is 84.2 Å². The molecule has 1 saturated heterocycles. The van der Waals surface area contributed by atoms with Crippen molar-refractivity contribution in [1.29, 1.82) is 0 Å². The lowest BCUT2D eigenvalue weighted by atomic mass is 9.93. The van der Waals surface area contributed by atoms with E-state index >= 15 is 0 Å². The van der Waals surface area contributed by atoms with Crippen molar-refractivity contribution < 1.29 is 9.59 Å². The molecular formula is C23H26N6O2. The van der Waals surface area contributed by atoms with Crippen LogP contribution < -0.4 is 21.1 Å². The Morgan fingerprint density at radius 2 is 1.90 bits per heavy atom. The SMILES string of the molecule is CN(C(=O)C1CNNC1c1ccc(CNC(=O)Cn2cccn2)cc1)c1ccccc1. The second-order valence-electron chi connectivity index (χ2n) is 7.56. The van der Waals surface area contributed by atoms with Crippen LogP contribution in [0, 0.1) is 5.92 Å². The van der Waals surface area contributed by atoms with Gasteiger partial charge in [0.2, 0.25) is 11.8 Å². The van der Waals surface area contributed by atoms with Gasteiger partial charge < -0.3 is 10.2 Å². The molecule has 1 aliphatic rings. The van der Waals surface area contributed by atoms with E-state index in [1.165, 1.54) is 0 Å². The highest BCUT2D eigenvalue weighted by molar-refractivity contribution is 5.95. The average Bonchev–Trinajstić information content (AvgIpc) is 3.50. The van der Waals surface area contributed by atoms with E-state index in [2.05, 4.69) is 21.3 Å². The fourth-order valence-electron chi connectivity index (χ4n) is 3.71. The third-order valence-electron chi connectivity index (χ3n) is 5.47. The Kier molecular flexibility index (Phi) is 6.40. The van der Waals surface area contributed by atoms with E-state index in [1.807, 2.05) is 61.6 Å². The first kappa shape index (κ1) is 20.8. The van der Waals surface area contributed by atoms with Crippen molar-refractivity contribution in [2.45, 2.75) is 19.1 Å². The molecule has 4 rings (SSSR count). The summed E-state index contributed by atoms with van der Waals surface area (Å²) in [6.07, 6.45) is 3.40. The lowest BCUT2D eigenvalue weighted by Crippen LogP contribution is -2.36. The van der Waals surface area contributed by atoms with E-state index in [9.17, 15) is 9.59 Å². The third-order valence-corrected chi connectivity index (χ3v) is 5.47. The second kappa shape index (κ2) is 9.55. The number of carbonyl (C=O) groups is 2. The van der Waals surface area contributed by atoms with E-state index in [1.54, 1.807) is 28.0 Å². The van der Waals surface area contributed by atoms with Crippen molar-refractivity contribution in [3.63, 3.8) is 0 Å². The summed E-state index contributed by atoms with van der Waals surface area (Å²) >= 11 is 0. The van der Waals surface area contributed by atoms with Gasteiger partial charge in [-0.2, -0.15) is 5.10 Å². The van der Waals surface area contributed by atoms with Gasteiger partial charge in [0.1, 0.15) is 6.54 Å². The number of para-hydroxylation sites is 1. The maximum atomic E-state index is 13.1. The summed E-state index contributed by atoms with van der Waals surface area (Å²) in [6.45, 7) is 1.20.